The lowest BCUT2D eigenvalue weighted by molar-refractivity contribution is -0.143. The van der Waals surface area contributed by atoms with Crippen molar-refractivity contribution in [2.24, 2.45) is 11.5 Å². The molecule has 4 amide bonds. The molecule has 13 nitrogen and oxygen atoms in total. The lowest BCUT2D eigenvalue weighted by atomic mass is 10.1. The van der Waals surface area contributed by atoms with E-state index in [1.165, 1.54) is 23.5 Å². The fraction of sp³-hybridized carbons (Fsp3) is 0.684. The fourth-order valence-corrected chi connectivity index (χ4v) is 3.60. The van der Waals surface area contributed by atoms with Crippen LogP contribution in [0, 0.1) is 0 Å². The van der Waals surface area contributed by atoms with Gasteiger partial charge in [0, 0.05) is 6.42 Å². The zero-order valence-corrected chi connectivity index (χ0v) is 20.7. The second-order valence-corrected chi connectivity index (χ2v) is 9.27. The smallest absolute Gasteiger partial charge is 0.326 e. The van der Waals surface area contributed by atoms with Crippen LogP contribution in [0.1, 0.15) is 32.1 Å². The number of carbonyl (C=O) groups excluding carboxylic acids is 4. The van der Waals surface area contributed by atoms with Crippen molar-refractivity contribution in [3.05, 3.63) is 0 Å². The number of carbonyl (C=O) groups is 6. The lowest BCUT2D eigenvalue weighted by Gasteiger charge is -2.25. The van der Waals surface area contributed by atoms with E-state index in [1.807, 2.05) is 6.26 Å². The SMILES string of the molecule is CSCCC(N)C(=O)NC(CCC(=O)O)C(=O)NC(CCSC)C(=O)NC(CC(N)=O)C(=O)O. The predicted molar refractivity (Wildman–Crippen MR) is 128 cm³/mol. The summed E-state index contributed by atoms with van der Waals surface area (Å²) in [6.07, 6.45) is 2.72. The Morgan fingerprint density at radius 2 is 1.24 bits per heavy atom. The summed E-state index contributed by atoms with van der Waals surface area (Å²) in [7, 11) is 0. The van der Waals surface area contributed by atoms with Crippen LogP contribution >= 0.6 is 23.5 Å². The molecular weight excluding hydrogens is 490 g/mol. The van der Waals surface area contributed by atoms with Gasteiger partial charge in [-0.3, -0.25) is 24.0 Å². The molecule has 0 aliphatic heterocycles. The normalized spacial score (nSPS) is 14.2. The molecule has 0 aliphatic rings. The number of thioether (sulfide) groups is 2. The molecule has 194 valence electrons. The van der Waals surface area contributed by atoms with E-state index in [2.05, 4.69) is 16.0 Å². The number of carboxylic acids is 2. The molecule has 0 heterocycles. The van der Waals surface area contributed by atoms with Gasteiger partial charge in [-0.1, -0.05) is 0 Å². The second-order valence-electron chi connectivity index (χ2n) is 7.29. The maximum atomic E-state index is 12.9. The number of hydrogen-bond acceptors (Lipinski definition) is 9. The Balaban J connectivity index is 5.49. The Hall–Kier alpha value is -2.52. The molecule has 0 rings (SSSR count). The average Bonchev–Trinajstić information content (AvgIpc) is 2.76. The van der Waals surface area contributed by atoms with Gasteiger partial charge in [-0.2, -0.15) is 23.5 Å². The molecule has 4 unspecified atom stereocenters. The highest BCUT2D eigenvalue weighted by atomic mass is 32.2. The number of amides is 4. The van der Waals surface area contributed by atoms with Gasteiger partial charge in [0.1, 0.15) is 18.1 Å². The maximum absolute atomic E-state index is 12.9. The molecule has 34 heavy (non-hydrogen) atoms. The van der Waals surface area contributed by atoms with Gasteiger partial charge in [0.2, 0.25) is 23.6 Å². The van der Waals surface area contributed by atoms with Crippen LogP contribution in [0.25, 0.3) is 0 Å². The van der Waals surface area contributed by atoms with Crippen LogP contribution in [-0.4, -0.2) is 94.0 Å². The van der Waals surface area contributed by atoms with Gasteiger partial charge in [-0.15, -0.1) is 0 Å². The van der Waals surface area contributed by atoms with Crippen molar-refractivity contribution in [2.45, 2.75) is 56.3 Å². The molecule has 0 aromatic rings. The molecule has 9 N–H and O–H groups in total. The van der Waals surface area contributed by atoms with Crippen molar-refractivity contribution in [1.82, 2.24) is 16.0 Å². The van der Waals surface area contributed by atoms with Gasteiger partial charge in [-0.05, 0) is 43.3 Å². The van der Waals surface area contributed by atoms with E-state index in [0.717, 1.165) is 0 Å². The van der Waals surface area contributed by atoms with E-state index in [4.69, 9.17) is 16.6 Å². The Kier molecular flexibility index (Phi) is 15.7. The minimum atomic E-state index is -1.59. The molecule has 0 bridgehead atoms. The molecule has 0 fully saturated rings. The van der Waals surface area contributed by atoms with E-state index in [1.54, 1.807) is 6.26 Å². The highest BCUT2D eigenvalue weighted by Crippen LogP contribution is 2.06. The summed E-state index contributed by atoms with van der Waals surface area (Å²) in [6, 6.07) is -4.98. The largest absolute Gasteiger partial charge is 0.481 e. The third kappa shape index (κ3) is 13.3. The number of hydrogen-bond donors (Lipinski definition) is 7. The summed E-state index contributed by atoms with van der Waals surface area (Å²) in [5.41, 5.74) is 10.8. The van der Waals surface area contributed by atoms with E-state index in [-0.39, 0.29) is 12.8 Å². The van der Waals surface area contributed by atoms with Crippen molar-refractivity contribution in [3.8, 4) is 0 Å². The van der Waals surface area contributed by atoms with Crippen LogP contribution in [0.3, 0.4) is 0 Å². The van der Waals surface area contributed by atoms with Crippen LogP contribution in [0.15, 0.2) is 0 Å². The summed E-state index contributed by atoms with van der Waals surface area (Å²) in [4.78, 5) is 71.3. The molecule has 0 aliphatic carbocycles. The Morgan fingerprint density at radius 1 is 0.765 bits per heavy atom. The molecule has 0 radical (unpaired) electrons. The molecule has 0 aromatic carbocycles. The molecule has 0 saturated carbocycles. The van der Waals surface area contributed by atoms with Gasteiger partial charge >= 0.3 is 11.9 Å². The number of carboxylic acid groups (broad SMARTS) is 2. The van der Waals surface area contributed by atoms with Crippen LogP contribution in [0.4, 0.5) is 0 Å². The second kappa shape index (κ2) is 17.0. The molecule has 0 saturated heterocycles. The van der Waals surface area contributed by atoms with E-state index in [9.17, 15) is 33.9 Å². The number of aliphatic carboxylic acids is 2. The monoisotopic (exact) mass is 523 g/mol. The number of nitrogens with two attached hydrogens (primary N) is 2. The topological polar surface area (TPSA) is 231 Å². The fourth-order valence-electron chi connectivity index (χ4n) is 2.64. The van der Waals surface area contributed by atoms with Gasteiger partial charge in [0.25, 0.3) is 0 Å². The van der Waals surface area contributed by atoms with E-state index >= 15 is 0 Å². The Labute approximate surface area is 205 Å². The third-order valence-electron chi connectivity index (χ3n) is 4.51. The van der Waals surface area contributed by atoms with Crippen LogP contribution in [0.5, 0.6) is 0 Å². The number of nitrogens with one attached hydrogen (secondary N) is 3. The quantitative estimate of drug-likeness (QED) is 0.105. The molecule has 0 spiro atoms. The van der Waals surface area contributed by atoms with Crippen LogP contribution < -0.4 is 27.4 Å². The van der Waals surface area contributed by atoms with Gasteiger partial charge in [0.15, 0.2) is 0 Å². The minimum Gasteiger partial charge on any atom is -0.481 e. The summed E-state index contributed by atoms with van der Waals surface area (Å²) < 4.78 is 0. The Morgan fingerprint density at radius 3 is 1.71 bits per heavy atom. The first-order valence-corrected chi connectivity index (χ1v) is 13.1. The molecule has 4 atom stereocenters. The van der Waals surface area contributed by atoms with Crippen molar-refractivity contribution < 1.29 is 39.0 Å². The molecular formula is C19H33N5O8S2. The van der Waals surface area contributed by atoms with Crippen LogP contribution in [-0.2, 0) is 28.8 Å². The van der Waals surface area contributed by atoms with E-state index in [0.29, 0.717) is 17.9 Å². The first-order valence-electron chi connectivity index (χ1n) is 10.3. The maximum Gasteiger partial charge on any atom is 0.326 e. The molecule has 0 aromatic heterocycles. The summed E-state index contributed by atoms with van der Waals surface area (Å²) in [5.74, 6) is -4.92. The van der Waals surface area contributed by atoms with Crippen molar-refractivity contribution in [1.29, 1.82) is 0 Å². The van der Waals surface area contributed by atoms with Crippen molar-refractivity contribution in [3.63, 3.8) is 0 Å². The number of rotatable bonds is 18. The standard InChI is InChI=1S/C19H33N5O8S2/c1-33-7-5-10(20)16(28)22-11(3-4-15(26)27)17(29)23-12(6-8-34-2)18(30)24-13(19(31)32)9-14(21)25/h10-13H,3-9,20H2,1-2H3,(H2,21,25)(H,22,28)(H,23,29)(H,24,30)(H,26,27)(H,31,32). The van der Waals surface area contributed by atoms with Gasteiger partial charge in [0.05, 0.1) is 12.5 Å². The van der Waals surface area contributed by atoms with Crippen LogP contribution in [0.2, 0.25) is 0 Å². The van der Waals surface area contributed by atoms with Crippen molar-refractivity contribution in [2.75, 3.05) is 24.0 Å². The third-order valence-corrected chi connectivity index (χ3v) is 5.80. The summed E-state index contributed by atoms with van der Waals surface area (Å²) in [6.45, 7) is 0. The van der Waals surface area contributed by atoms with Gasteiger partial charge < -0.3 is 37.6 Å². The van der Waals surface area contributed by atoms with E-state index < -0.39 is 72.6 Å². The first kappa shape index (κ1) is 31.5. The van der Waals surface area contributed by atoms with Crippen molar-refractivity contribution >= 4 is 59.1 Å². The Bertz CT molecular complexity index is 739. The number of primary amides is 1. The highest BCUT2D eigenvalue weighted by molar-refractivity contribution is 7.98. The van der Waals surface area contributed by atoms with Gasteiger partial charge in [-0.25, -0.2) is 4.79 Å². The summed E-state index contributed by atoms with van der Waals surface area (Å²) >= 11 is 2.85. The molecule has 15 heteroatoms. The highest BCUT2D eigenvalue weighted by Gasteiger charge is 2.30. The summed E-state index contributed by atoms with van der Waals surface area (Å²) in [5, 5.41) is 25.2. The zero-order valence-electron chi connectivity index (χ0n) is 19.1. The minimum absolute atomic E-state index is 0.106. The zero-order chi connectivity index (χ0) is 26.3. The average molecular weight is 524 g/mol. The predicted octanol–water partition coefficient (Wildman–Crippen LogP) is -1.90. The lowest BCUT2D eigenvalue weighted by Crippen LogP contribution is -2.57. The first-order chi connectivity index (χ1) is 15.9.